The molecule has 0 aromatic heterocycles. The van der Waals surface area contributed by atoms with Crippen molar-refractivity contribution in [3.05, 3.63) is 0 Å². The first-order valence-corrected chi connectivity index (χ1v) is 9.91. The molecule has 2 unspecified atom stereocenters. The average molecular weight is 387 g/mol. The van der Waals surface area contributed by atoms with Gasteiger partial charge in [0.05, 0.1) is 39.4 Å². The third-order valence-electron chi connectivity index (χ3n) is 2.58. The molecular formula is C13H26NO8PS. The quantitative estimate of drug-likeness (QED) is 0.204. The Labute approximate surface area is 146 Å². The number of hydrogen-bond donors (Lipinski definition) is 1. The lowest BCUT2D eigenvalue weighted by molar-refractivity contribution is -0.870. The minimum absolute atomic E-state index is 0.00188. The summed E-state index contributed by atoms with van der Waals surface area (Å²) in [5, 5.41) is 8.50. The van der Waals surface area contributed by atoms with E-state index in [0.717, 1.165) is 11.8 Å². The minimum atomic E-state index is -4.41. The van der Waals surface area contributed by atoms with Crippen molar-refractivity contribution in [1.29, 1.82) is 0 Å². The summed E-state index contributed by atoms with van der Waals surface area (Å²) in [7, 11) is 1.28. The fraction of sp³-hybridized carbons (Fsp3) is 0.846. The summed E-state index contributed by atoms with van der Waals surface area (Å²) in [5.74, 6) is -1.77. The van der Waals surface area contributed by atoms with Crippen LogP contribution in [-0.4, -0.2) is 80.5 Å². The number of ether oxygens (including phenoxy) is 1. The number of quaternary nitrogens is 1. The summed E-state index contributed by atoms with van der Waals surface area (Å²) in [5.41, 5.74) is 0. The summed E-state index contributed by atoms with van der Waals surface area (Å²) in [6, 6.07) is 0. The zero-order valence-corrected chi connectivity index (χ0v) is 16.1. The van der Waals surface area contributed by atoms with E-state index in [1.54, 1.807) is 6.92 Å². The first-order valence-electron chi connectivity index (χ1n) is 7.30. The number of carboxylic acids is 1. The van der Waals surface area contributed by atoms with Crippen LogP contribution >= 0.6 is 19.6 Å². The number of hydrogen-bond acceptors (Lipinski definition) is 8. The standard InChI is InChI=1S/C13H26NO8PS/c1-11(9-24-10-12(15)16)13(17)20-7-8-22-23(18,19)21-6-5-14(2,3)4/h11H,5-10H2,1-4H3,(H-,15,16,18,19). The molecule has 9 nitrogen and oxygen atoms in total. The molecule has 0 aliphatic rings. The van der Waals surface area contributed by atoms with Gasteiger partial charge in [-0.2, -0.15) is 0 Å². The van der Waals surface area contributed by atoms with Crippen molar-refractivity contribution in [2.75, 3.05) is 59.0 Å². The average Bonchev–Trinajstić information content (AvgIpc) is 2.41. The van der Waals surface area contributed by atoms with Gasteiger partial charge in [-0.1, -0.05) is 6.92 Å². The number of phosphoric acid groups is 1. The molecule has 1 N–H and O–H groups in total. The monoisotopic (exact) mass is 387 g/mol. The molecule has 0 spiro atoms. The Morgan fingerprint density at radius 1 is 1.21 bits per heavy atom. The van der Waals surface area contributed by atoms with Crippen molar-refractivity contribution in [2.24, 2.45) is 5.92 Å². The molecule has 0 radical (unpaired) electrons. The Bertz CT molecular complexity index is 454. The predicted molar refractivity (Wildman–Crippen MR) is 87.5 cm³/mol. The normalized spacial score (nSPS) is 15.5. The molecule has 0 bridgehead atoms. The predicted octanol–water partition coefficient (Wildman–Crippen LogP) is 0.191. The van der Waals surface area contributed by atoms with Gasteiger partial charge in [-0.15, -0.1) is 11.8 Å². The molecule has 0 aliphatic carbocycles. The van der Waals surface area contributed by atoms with Crippen LogP contribution < -0.4 is 4.89 Å². The molecule has 0 fully saturated rings. The van der Waals surface area contributed by atoms with Crippen LogP contribution in [-0.2, 0) is 27.9 Å². The van der Waals surface area contributed by atoms with E-state index in [1.807, 2.05) is 21.1 Å². The van der Waals surface area contributed by atoms with Gasteiger partial charge in [0.25, 0.3) is 7.82 Å². The third-order valence-corrected chi connectivity index (χ3v) is 4.77. The van der Waals surface area contributed by atoms with E-state index in [9.17, 15) is 19.0 Å². The number of likely N-dealkylation sites (N-methyl/N-ethyl adjacent to an activating group) is 1. The highest BCUT2D eigenvalue weighted by Crippen LogP contribution is 2.37. The Morgan fingerprint density at radius 2 is 1.79 bits per heavy atom. The van der Waals surface area contributed by atoms with E-state index in [4.69, 9.17) is 14.4 Å². The van der Waals surface area contributed by atoms with Crippen molar-refractivity contribution in [1.82, 2.24) is 0 Å². The second kappa shape index (κ2) is 11.1. The Morgan fingerprint density at radius 3 is 2.33 bits per heavy atom. The van der Waals surface area contributed by atoms with Crippen LogP contribution in [0.5, 0.6) is 0 Å². The largest absolute Gasteiger partial charge is 0.756 e. The molecule has 0 saturated heterocycles. The van der Waals surface area contributed by atoms with Gasteiger partial charge in [0.2, 0.25) is 0 Å². The smallest absolute Gasteiger partial charge is 0.313 e. The molecule has 0 aliphatic heterocycles. The van der Waals surface area contributed by atoms with Gasteiger partial charge in [0.1, 0.15) is 19.8 Å². The minimum Gasteiger partial charge on any atom is -0.756 e. The van der Waals surface area contributed by atoms with Crippen LogP contribution in [0, 0.1) is 5.92 Å². The van der Waals surface area contributed by atoms with E-state index in [2.05, 4.69) is 4.52 Å². The van der Waals surface area contributed by atoms with Crippen LogP contribution in [0.15, 0.2) is 0 Å². The van der Waals surface area contributed by atoms with Crippen LogP contribution in [0.2, 0.25) is 0 Å². The molecule has 0 heterocycles. The van der Waals surface area contributed by atoms with Crippen molar-refractivity contribution >= 4 is 31.5 Å². The lowest BCUT2D eigenvalue weighted by Crippen LogP contribution is -2.37. The van der Waals surface area contributed by atoms with E-state index in [0.29, 0.717) is 16.8 Å². The molecule has 0 saturated carbocycles. The number of carboxylic acid groups (broad SMARTS) is 1. The highest BCUT2D eigenvalue weighted by Gasteiger charge is 2.16. The van der Waals surface area contributed by atoms with E-state index in [-0.39, 0.29) is 25.6 Å². The number of aliphatic carboxylic acids is 1. The maximum Gasteiger partial charge on any atom is 0.313 e. The number of rotatable bonds is 13. The fourth-order valence-electron chi connectivity index (χ4n) is 1.29. The van der Waals surface area contributed by atoms with Gasteiger partial charge in [0, 0.05) is 5.75 Å². The van der Waals surface area contributed by atoms with E-state index in [1.165, 1.54) is 0 Å². The van der Waals surface area contributed by atoms with Gasteiger partial charge in [-0.3, -0.25) is 14.2 Å². The molecule has 0 rings (SSSR count). The zero-order chi connectivity index (χ0) is 18.8. The van der Waals surface area contributed by atoms with Crippen LogP contribution in [0.1, 0.15) is 6.92 Å². The highest BCUT2D eigenvalue weighted by molar-refractivity contribution is 7.99. The molecule has 0 aromatic rings. The number of thioether (sulfide) groups is 1. The zero-order valence-electron chi connectivity index (χ0n) is 14.4. The van der Waals surface area contributed by atoms with Gasteiger partial charge in [-0.05, 0) is 0 Å². The summed E-state index contributed by atoms with van der Waals surface area (Å²) in [6.07, 6.45) is 0. The van der Waals surface area contributed by atoms with E-state index >= 15 is 0 Å². The van der Waals surface area contributed by atoms with Crippen molar-refractivity contribution in [3.63, 3.8) is 0 Å². The Hall–Kier alpha value is -0.640. The molecule has 24 heavy (non-hydrogen) atoms. The topological polar surface area (TPSA) is 122 Å². The summed E-state index contributed by atoms with van der Waals surface area (Å²) >= 11 is 1.10. The lowest BCUT2D eigenvalue weighted by Gasteiger charge is -2.27. The Balaban J connectivity index is 3.87. The molecule has 11 heteroatoms. The third kappa shape index (κ3) is 13.8. The summed E-state index contributed by atoms with van der Waals surface area (Å²) < 4.78 is 26.2. The highest BCUT2D eigenvalue weighted by atomic mass is 32.2. The van der Waals surface area contributed by atoms with E-state index < -0.39 is 25.7 Å². The second-order valence-electron chi connectivity index (χ2n) is 6.11. The molecular weight excluding hydrogens is 361 g/mol. The first kappa shape index (κ1) is 23.4. The maximum atomic E-state index is 11.6. The molecule has 2 atom stereocenters. The van der Waals surface area contributed by atoms with Crippen molar-refractivity contribution in [2.45, 2.75) is 6.92 Å². The molecule has 142 valence electrons. The fourth-order valence-corrected chi connectivity index (χ4v) is 2.75. The van der Waals surface area contributed by atoms with Gasteiger partial charge in [0.15, 0.2) is 0 Å². The lowest BCUT2D eigenvalue weighted by atomic mass is 10.2. The number of nitrogens with zero attached hydrogens (tertiary/aromatic N) is 1. The number of carbonyl (C=O) groups is 2. The van der Waals surface area contributed by atoms with Gasteiger partial charge < -0.3 is 28.3 Å². The maximum absolute atomic E-state index is 11.6. The van der Waals surface area contributed by atoms with Gasteiger partial charge >= 0.3 is 11.9 Å². The van der Waals surface area contributed by atoms with Crippen LogP contribution in [0.25, 0.3) is 0 Å². The number of esters is 1. The molecule has 0 aromatic carbocycles. The van der Waals surface area contributed by atoms with Crippen molar-refractivity contribution in [3.8, 4) is 0 Å². The summed E-state index contributed by atoms with van der Waals surface area (Å²) in [4.78, 5) is 33.4. The van der Waals surface area contributed by atoms with Crippen molar-refractivity contribution < 1.29 is 42.4 Å². The first-order chi connectivity index (χ1) is 10.9. The molecule has 0 amide bonds. The number of phosphoric ester groups is 1. The SMILES string of the molecule is CC(CSCC(=O)O)C(=O)OCCOP(=O)([O-])OCC[N+](C)(C)C. The van der Waals surface area contributed by atoms with Gasteiger partial charge in [-0.25, -0.2) is 0 Å². The summed E-state index contributed by atoms with van der Waals surface area (Å²) in [6.45, 7) is 1.55. The Kier molecular flexibility index (Phi) is 10.8. The van der Waals surface area contributed by atoms with Crippen LogP contribution in [0.3, 0.4) is 0 Å². The second-order valence-corrected chi connectivity index (χ2v) is 8.55. The number of carbonyl (C=O) groups excluding carboxylic acids is 1. The van der Waals surface area contributed by atoms with Crippen LogP contribution in [0.4, 0.5) is 0 Å².